The SMILES string of the molecule is CC1=C(C)C=C(C2(O)C(=O)c3ccccc3C2=O)CC(NC(=O)C(C)C)=C1. The first-order valence-corrected chi connectivity index (χ1v) is 8.97. The van der Waals surface area contributed by atoms with Gasteiger partial charge >= 0.3 is 0 Å². The number of amides is 1. The van der Waals surface area contributed by atoms with Gasteiger partial charge in [0.2, 0.25) is 23.1 Å². The highest BCUT2D eigenvalue weighted by molar-refractivity contribution is 6.33. The number of hydrogen-bond donors (Lipinski definition) is 2. The number of carbonyl (C=O) groups is 3. The molecule has 5 heteroatoms. The van der Waals surface area contributed by atoms with E-state index in [1.165, 1.54) is 0 Å². The van der Waals surface area contributed by atoms with Crippen molar-refractivity contribution in [2.75, 3.05) is 0 Å². The van der Waals surface area contributed by atoms with Crippen LogP contribution in [0.15, 0.2) is 58.8 Å². The third kappa shape index (κ3) is 3.08. The first-order chi connectivity index (χ1) is 12.7. The summed E-state index contributed by atoms with van der Waals surface area (Å²) < 4.78 is 0. The summed E-state index contributed by atoms with van der Waals surface area (Å²) in [5.74, 6) is -1.60. The summed E-state index contributed by atoms with van der Waals surface area (Å²) in [6.07, 6.45) is 3.61. The van der Waals surface area contributed by atoms with Crippen LogP contribution in [0.2, 0.25) is 0 Å². The van der Waals surface area contributed by atoms with E-state index in [2.05, 4.69) is 5.32 Å². The van der Waals surface area contributed by atoms with Gasteiger partial charge in [0.15, 0.2) is 0 Å². The van der Waals surface area contributed by atoms with Crippen LogP contribution < -0.4 is 5.32 Å². The van der Waals surface area contributed by atoms with E-state index in [0.29, 0.717) is 5.70 Å². The lowest BCUT2D eigenvalue weighted by Crippen LogP contribution is -2.44. The van der Waals surface area contributed by atoms with Crippen LogP contribution in [0.4, 0.5) is 0 Å². The number of fused-ring (bicyclic) bond motifs is 1. The lowest BCUT2D eigenvalue weighted by molar-refractivity contribution is -0.123. The second-order valence-corrected chi connectivity index (χ2v) is 7.44. The molecular formula is C22H23NO4. The maximum atomic E-state index is 12.9. The van der Waals surface area contributed by atoms with E-state index in [1.807, 2.05) is 19.9 Å². The third-order valence-electron chi connectivity index (χ3n) is 5.13. The Labute approximate surface area is 158 Å². The van der Waals surface area contributed by atoms with E-state index in [0.717, 1.165) is 11.1 Å². The van der Waals surface area contributed by atoms with Crippen molar-refractivity contribution < 1.29 is 19.5 Å². The second kappa shape index (κ2) is 6.74. The average molecular weight is 365 g/mol. The van der Waals surface area contributed by atoms with E-state index >= 15 is 0 Å². The van der Waals surface area contributed by atoms with Crippen LogP contribution >= 0.6 is 0 Å². The highest BCUT2D eigenvalue weighted by Gasteiger charge is 2.54. The van der Waals surface area contributed by atoms with E-state index in [9.17, 15) is 19.5 Å². The van der Waals surface area contributed by atoms with Crippen molar-refractivity contribution in [3.63, 3.8) is 0 Å². The van der Waals surface area contributed by atoms with E-state index in [-0.39, 0.29) is 34.9 Å². The number of nitrogens with one attached hydrogen (secondary N) is 1. The lowest BCUT2D eigenvalue weighted by Gasteiger charge is -2.24. The Morgan fingerprint density at radius 2 is 1.56 bits per heavy atom. The highest BCUT2D eigenvalue weighted by atomic mass is 16.3. The van der Waals surface area contributed by atoms with Crippen LogP contribution in [-0.4, -0.2) is 28.2 Å². The number of carbonyl (C=O) groups excluding carboxylic acids is 3. The predicted octanol–water partition coefficient (Wildman–Crippen LogP) is 3.12. The van der Waals surface area contributed by atoms with Gasteiger partial charge in [0.25, 0.3) is 0 Å². The summed E-state index contributed by atoms with van der Waals surface area (Å²) in [5, 5.41) is 14.1. The fourth-order valence-electron chi connectivity index (χ4n) is 3.34. The van der Waals surface area contributed by atoms with Crippen molar-refractivity contribution in [1.82, 2.24) is 5.32 Å². The topological polar surface area (TPSA) is 83.5 Å². The zero-order valence-corrected chi connectivity index (χ0v) is 15.9. The number of benzene rings is 1. The third-order valence-corrected chi connectivity index (χ3v) is 5.13. The molecule has 0 radical (unpaired) electrons. The van der Waals surface area contributed by atoms with Crippen molar-refractivity contribution in [3.05, 3.63) is 70.0 Å². The Bertz CT molecular complexity index is 912. The quantitative estimate of drug-likeness (QED) is 0.806. The van der Waals surface area contributed by atoms with E-state index in [1.54, 1.807) is 44.2 Å². The summed E-state index contributed by atoms with van der Waals surface area (Å²) in [6, 6.07) is 6.44. The summed E-state index contributed by atoms with van der Waals surface area (Å²) in [4.78, 5) is 38.0. The maximum Gasteiger partial charge on any atom is 0.226 e. The number of rotatable bonds is 3. The Balaban J connectivity index is 2.05. The van der Waals surface area contributed by atoms with Crippen molar-refractivity contribution in [3.8, 4) is 0 Å². The first kappa shape index (κ1) is 19.0. The molecule has 2 aliphatic carbocycles. The summed E-state index contributed by atoms with van der Waals surface area (Å²) in [6.45, 7) is 7.30. The van der Waals surface area contributed by atoms with Crippen molar-refractivity contribution in [2.24, 2.45) is 5.92 Å². The smallest absolute Gasteiger partial charge is 0.226 e. The zero-order valence-electron chi connectivity index (χ0n) is 15.9. The molecule has 0 atom stereocenters. The second-order valence-electron chi connectivity index (χ2n) is 7.44. The van der Waals surface area contributed by atoms with Crippen molar-refractivity contribution in [1.29, 1.82) is 0 Å². The van der Waals surface area contributed by atoms with Crippen LogP contribution in [0.3, 0.4) is 0 Å². The Kier molecular flexibility index (Phi) is 4.74. The molecule has 0 fully saturated rings. The van der Waals surface area contributed by atoms with Gasteiger partial charge in [-0.3, -0.25) is 14.4 Å². The average Bonchev–Trinajstić information content (AvgIpc) is 2.74. The Hall–Kier alpha value is -2.79. The first-order valence-electron chi connectivity index (χ1n) is 8.97. The van der Waals surface area contributed by atoms with Gasteiger partial charge in [0.05, 0.1) is 0 Å². The molecule has 0 unspecified atom stereocenters. The van der Waals surface area contributed by atoms with Crippen LogP contribution in [0.5, 0.6) is 0 Å². The number of allylic oxidation sites excluding steroid dienone is 5. The number of aliphatic hydroxyl groups is 1. The van der Waals surface area contributed by atoms with Crippen LogP contribution in [0.1, 0.15) is 54.8 Å². The van der Waals surface area contributed by atoms with Crippen LogP contribution in [-0.2, 0) is 4.79 Å². The molecule has 0 aliphatic heterocycles. The molecule has 1 aromatic carbocycles. The predicted molar refractivity (Wildman–Crippen MR) is 102 cm³/mol. The molecule has 0 saturated carbocycles. The Morgan fingerprint density at radius 3 is 2.07 bits per heavy atom. The van der Waals surface area contributed by atoms with Crippen molar-refractivity contribution in [2.45, 2.75) is 39.7 Å². The number of hydrogen-bond acceptors (Lipinski definition) is 4. The van der Waals surface area contributed by atoms with Gasteiger partial charge in [-0.15, -0.1) is 0 Å². The van der Waals surface area contributed by atoms with Crippen molar-refractivity contribution >= 4 is 17.5 Å². The van der Waals surface area contributed by atoms with Gasteiger partial charge in [0.1, 0.15) is 0 Å². The van der Waals surface area contributed by atoms with Gasteiger partial charge in [0, 0.05) is 29.2 Å². The molecule has 140 valence electrons. The molecule has 3 rings (SSSR count). The van der Waals surface area contributed by atoms with Gasteiger partial charge in [-0.25, -0.2) is 0 Å². The van der Waals surface area contributed by atoms with Gasteiger partial charge in [-0.1, -0.05) is 44.2 Å². The molecule has 2 N–H and O–H groups in total. The molecule has 0 heterocycles. The zero-order chi connectivity index (χ0) is 19.9. The van der Waals surface area contributed by atoms with Gasteiger partial charge < -0.3 is 10.4 Å². The molecular weight excluding hydrogens is 342 g/mol. The van der Waals surface area contributed by atoms with Crippen LogP contribution in [0, 0.1) is 5.92 Å². The number of Topliss-reactive ketones (excluding diaryl/α,β-unsaturated/α-hetero) is 2. The lowest BCUT2D eigenvalue weighted by atomic mass is 9.85. The molecule has 0 saturated heterocycles. The molecule has 2 aliphatic rings. The summed E-state index contributed by atoms with van der Waals surface area (Å²) in [5.41, 5.74) is 0.761. The van der Waals surface area contributed by atoms with Crippen LogP contribution in [0.25, 0.3) is 0 Å². The number of ketones is 2. The minimum Gasteiger partial charge on any atom is -0.371 e. The largest absolute Gasteiger partial charge is 0.371 e. The standard InChI is InChI=1S/C22H23NO4/c1-12(2)21(26)23-16-10-14(4)13(3)9-15(11-16)22(27)19(24)17-7-5-6-8-18(17)20(22)25/h5-10,12,27H,11H2,1-4H3,(H,23,26). The summed E-state index contributed by atoms with van der Waals surface area (Å²) >= 11 is 0. The molecule has 0 spiro atoms. The molecule has 1 amide bonds. The summed E-state index contributed by atoms with van der Waals surface area (Å²) in [7, 11) is 0. The molecule has 1 aromatic rings. The maximum absolute atomic E-state index is 12.9. The highest BCUT2D eigenvalue weighted by Crippen LogP contribution is 2.39. The van der Waals surface area contributed by atoms with Gasteiger partial charge in [-0.05, 0) is 36.6 Å². The Morgan fingerprint density at radius 1 is 1.04 bits per heavy atom. The molecule has 0 aromatic heterocycles. The fraction of sp³-hybridized carbons (Fsp3) is 0.318. The minimum atomic E-state index is -2.24. The normalized spacial score (nSPS) is 18.9. The molecule has 27 heavy (non-hydrogen) atoms. The fourth-order valence-corrected chi connectivity index (χ4v) is 3.34. The molecule has 5 nitrogen and oxygen atoms in total. The minimum absolute atomic E-state index is 0.106. The molecule has 0 bridgehead atoms. The van der Waals surface area contributed by atoms with Gasteiger partial charge in [-0.2, -0.15) is 0 Å². The van der Waals surface area contributed by atoms with E-state index < -0.39 is 17.2 Å². The monoisotopic (exact) mass is 365 g/mol. The van der Waals surface area contributed by atoms with E-state index in [4.69, 9.17) is 0 Å².